The lowest BCUT2D eigenvalue weighted by molar-refractivity contribution is 0.234. The van der Waals surface area contributed by atoms with Crippen molar-refractivity contribution in [1.29, 1.82) is 0 Å². The first-order valence-corrected chi connectivity index (χ1v) is 8.51. The Labute approximate surface area is 129 Å². The van der Waals surface area contributed by atoms with Crippen LogP contribution in [0.3, 0.4) is 0 Å². The van der Waals surface area contributed by atoms with Crippen molar-refractivity contribution in [2.75, 3.05) is 11.9 Å². The molecule has 1 rings (SSSR count). The highest BCUT2D eigenvalue weighted by Crippen LogP contribution is 2.24. The van der Waals surface area contributed by atoms with Gasteiger partial charge in [0.15, 0.2) is 0 Å². The van der Waals surface area contributed by atoms with Gasteiger partial charge in [-0.1, -0.05) is 20.8 Å². The maximum Gasteiger partial charge on any atom is 0.341 e. The molecule has 1 unspecified atom stereocenters. The summed E-state index contributed by atoms with van der Waals surface area (Å²) in [6, 6.07) is 5.24. The van der Waals surface area contributed by atoms with E-state index in [9.17, 15) is 17.2 Å². The predicted molar refractivity (Wildman–Crippen MR) is 81.8 cm³/mol. The van der Waals surface area contributed by atoms with Gasteiger partial charge < -0.3 is 5.32 Å². The molecule has 0 spiro atoms. The molecule has 0 bridgehead atoms. The van der Waals surface area contributed by atoms with Crippen LogP contribution in [0, 0.1) is 5.41 Å². The quantitative estimate of drug-likeness (QED) is 0.792. The first-order valence-electron chi connectivity index (χ1n) is 6.52. The maximum atomic E-state index is 12.4. The van der Waals surface area contributed by atoms with Crippen molar-refractivity contribution < 1.29 is 17.2 Å². The molecule has 0 aromatic heterocycles. The molecule has 1 aromatic carbocycles. The first-order chi connectivity index (χ1) is 9.52. The third-order valence-electron chi connectivity index (χ3n) is 2.78. The van der Waals surface area contributed by atoms with Crippen LogP contribution in [-0.4, -0.2) is 26.1 Å². The molecular formula is C14H20ClF2NO2S. The fourth-order valence-electron chi connectivity index (χ4n) is 1.83. The standard InChI is InChI=1S/C14H20ClF2NO2S/c1-14(2,3)8-10(15)9-18-11-4-6-12(7-5-11)21(19,20)13(16)17/h4-7,10,13,18H,8-9H2,1-3H3. The maximum absolute atomic E-state index is 12.4. The molecular weight excluding hydrogens is 320 g/mol. The van der Waals surface area contributed by atoms with Crippen molar-refractivity contribution in [2.24, 2.45) is 5.41 Å². The molecule has 0 radical (unpaired) electrons. The third kappa shape index (κ3) is 5.79. The Balaban J connectivity index is 2.64. The normalized spacial score (nSPS) is 14.2. The van der Waals surface area contributed by atoms with Crippen LogP contribution in [0.5, 0.6) is 0 Å². The smallest absolute Gasteiger partial charge is 0.341 e. The summed E-state index contributed by atoms with van der Waals surface area (Å²) in [7, 11) is -4.54. The number of hydrogen-bond donors (Lipinski definition) is 1. The van der Waals surface area contributed by atoms with E-state index < -0.39 is 15.6 Å². The Morgan fingerprint density at radius 3 is 2.14 bits per heavy atom. The molecule has 0 aliphatic heterocycles. The van der Waals surface area contributed by atoms with Crippen LogP contribution in [0.1, 0.15) is 27.2 Å². The molecule has 0 heterocycles. The number of sulfone groups is 1. The Morgan fingerprint density at radius 1 is 1.19 bits per heavy atom. The van der Waals surface area contributed by atoms with Gasteiger partial charge in [-0.15, -0.1) is 11.6 Å². The zero-order valence-corrected chi connectivity index (χ0v) is 13.8. The first kappa shape index (κ1) is 18.2. The molecule has 0 saturated carbocycles. The third-order valence-corrected chi connectivity index (χ3v) is 4.49. The van der Waals surface area contributed by atoms with E-state index in [1.165, 1.54) is 12.1 Å². The summed E-state index contributed by atoms with van der Waals surface area (Å²) in [5.74, 6) is -3.41. The fourth-order valence-corrected chi connectivity index (χ4v) is 3.09. The van der Waals surface area contributed by atoms with Crippen LogP contribution >= 0.6 is 11.6 Å². The number of halogens is 3. The van der Waals surface area contributed by atoms with E-state index in [0.717, 1.165) is 18.6 Å². The summed E-state index contributed by atoms with van der Waals surface area (Å²) < 4.78 is 47.3. The van der Waals surface area contributed by atoms with E-state index in [0.29, 0.717) is 12.2 Å². The topological polar surface area (TPSA) is 46.2 Å². The van der Waals surface area contributed by atoms with Gasteiger partial charge in [-0.2, -0.15) is 8.78 Å². The predicted octanol–water partition coefficient (Wildman–Crippen LogP) is 4.14. The molecule has 0 aliphatic carbocycles. The van der Waals surface area contributed by atoms with Gasteiger partial charge in [-0.3, -0.25) is 0 Å². The Hall–Kier alpha value is -0.880. The minimum absolute atomic E-state index is 0.0746. The van der Waals surface area contributed by atoms with Crippen molar-refractivity contribution in [3.63, 3.8) is 0 Å². The van der Waals surface area contributed by atoms with Crippen molar-refractivity contribution in [1.82, 2.24) is 0 Å². The monoisotopic (exact) mass is 339 g/mol. The molecule has 1 atom stereocenters. The number of benzene rings is 1. The molecule has 0 aliphatic rings. The largest absolute Gasteiger partial charge is 0.384 e. The minimum atomic E-state index is -4.54. The molecule has 3 nitrogen and oxygen atoms in total. The van der Waals surface area contributed by atoms with Crippen molar-refractivity contribution in [3.8, 4) is 0 Å². The van der Waals surface area contributed by atoms with Gasteiger partial charge in [0.1, 0.15) is 0 Å². The molecule has 0 amide bonds. The zero-order valence-electron chi connectivity index (χ0n) is 12.2. The van der Waals surface area contributed by atoms with E-state index in [2.05, 4.69) is 26.1 Å². The van der Waals surface area contributed by atoms with Crippen molar-refractivity contribution >= 4 is 27.1 Å². The average Bonchev–Trinajstić information content (AvgIpc) is 2.34. The lowest BCUT2D eigenvalue weighted by Crippen LogP contribution is -2.20. The second kappa shape index (κ2) is 6.92. The Morgan fingerprint density at radius 2 is 1.71 bits per heavy atom. The van der Waals surface area contributed by atoms with E-state index >= 15 is 0 Å². The SMILES string of the molecule is CC(C)(C)CC(Cl)CNc1ccc(S(=O)(=O)C(F)F)cc1. The highest BCUT2D eigenvalue weighted by Gasteiger charge is 2.26. The van der Waals surface area contributed by atoms with Crippen LogP contribution in [0.4, 0.5) is 14.5 Å². The number of nitrogens with one attached hydrogen (secondary N) is 1. The van der Waals surface area contributed by atoms with Gasteiger partial charge in [0.05, 0.1) is 10.3 Å². The van der Waals surface area contributed by atoms with E-state index in [-0.39, 0.29) is 15.7 Å². The average molecular weight is 340 g/mol. The Bertz CT molecular complexity index is 553. The lowest BCUT2D eigenvalue weighted by atomic mass is 9.90. The molecule has 7 heteroatoms. The van der Waals surface area contributed by atoms with Crippen LogP contribution in [-0.2, 0) is 9.84 Å². The number of anilines is 1. The lowest BCUT2D eigenvalue weighted by Gasteiger charge is -2.22. The second-order valence-electron chi connectivity index (χ2n) is 6.07. The van der Waals surface area contributed by atoms with Crippen LogP contribution in [0.15, 0.2) is 29.2 Å². The summed E-state index contributed by atoms with van der Waals surface area (Å²) in [5.41, 5.74) is 0.756. The van der Waals surface area contributed by atoms with Gasteiger partial charge in [-0.05, 0) is 36.1 Å². The zero-order chi connectivity index (χ0) is 16.3. The molecule has 1 aromatic rings. The minimum Gasteiger partial charge on any atom is -0.384 e. The molecule has 1 N–H and O–H groups in total. The van der Waals surface area contributed by atoms with Gasteiger partial charge in [0.25, 0.3) is 0 Å². The fraction of sp³-hybridized carbons (Fsp3) is 0.571. The number of hydrogen-bond acceptors (Lipinski definition) is 3. The van der Waals surface area contributed by atoms with Crippen LogP contribution in [0.2, 0.25) is 0 Å². The van der Waals surface area contributed by atoms with Gasteiger partial charge in [-0.25, -0.2) is 8.42 Å². The van der Waals surface area contributed by atoms with Gasteiger partial charge >= 0.3 is 5.76 Å². The highest BCUT2D eigenvalue weighted by molar-refractivity contribution is 7.91. The van der Waals surface area contributed by atoms with Crippen LogP contribution < -0.4 is 5.32 Å². The van der Waals surface area contributed by atoms with Crippen LogP contribution in [0.25, 0.3) is 0 Å². The molecule has 0 fully saturated rings. The van der Waals surface area contributed by atoms with Gasteiger partial charge in [0.2, 0.25) is 9.84 Å². The van der Waals surface area contributed by atoms with Crippen molar-refractivity contribution in [3.05, 3.63) is 24.3 Å². The van der Waals surface area contributed by atoms with Crippen molar-refractivity contribution in [2.45, 2.75) is 43.2 Å². The van der Waals surface area contributed by atoms with E-state index in [1.807, 2.05) is 0 Å². The second-order valence-corrected chi connectivity index (χ2v) is 8.61. The summed E-state index contributed by atoms with van der Waals surface area (Å²) in [5, 5.41) is 2.99. The molecule has 0 saturated heterocycles. The summed E-state index contributed by atoms with van der Waals surface area (Å²) in [6.45, 7) is 6.78. The summed E-state index contributed by atoms with van der Waals surface area (Å²) in [4.78, 5) is -0.389. The van der Waals surface area contributed by atoms with Gasteiger partial charge in [0, 0.05) is 12.2 Å². The number of alkyl halides is 3. The van der Waals surface area contributed by atoms with E-state index in [4.69, 9.17) is 11.6 Å². The molecule has 21 heavy (non-hydrogen) atoms. The summed E-state index contributed by atoms with van der Waals surface area (Å²) in [6.07, 6.45) is 0.819. The highest BCUT2D eigenvalue weighted by atomic mass is 35.5. The summed E-state index contributed by atoms with van der Waals surface area (Å²) >= 11 is 6.20. The van der Waals surface area contributed by atoms with E-state index in [1.54, 1.807) is 0 Å². The molecule has 120 valence electrons. The Kier molecular flexibility index (Phi) is 5.99. The number of rotatable bonds is 6.